The molecule has 1 aliphatic carbocycles. The molecule has 0 aliphatic heterocycles. The van der Waals surface area contributed by atoms with Gasteiger partial charge in [-0.05, 0) is 19.3 Å². The average Bonchev–Trinajstić information content (AvgIpc) is 2.18. The Bertz CT molecular complexity index is 284. The standard InChI is InChI=1S/C7H8N.C5H10O2.Zn/c8-6-7-4-2-1-3-5-7;1-5(2,3)4(6)7;/h4-5H,1-3H2;1-3H3,(H,6,7);/p-1. The number of hydrogen-bond donors (Lipinski definition) is 0. The average molecular weight is 273 g/mol. The van der Waals surface area contributed by atoms with E-state index in [4.69, 9.17) is 5.26 Å². The normalized spacial score (nSPS) is 14.5. The molecule has 0 aromatic rings. The second kappa shape index (κ2) is 8.47. The summed E-state index contributed by atoms with van der Waals surface area (Å²) in [5, 5.41) is 18.3. The summed E-state index contributed by atoms with van der Waals surface area (Å²) in [6, 6.07) is 2.11. The fourth-order valence-electron chi connectivity index (χ4n) is 0.808. The number of aliphatic carboxylic acids is 1. The van der Waals surface area contributed by atoms with Crippen LogP contribution in [0.5, 0.6) is 0 Å². The molecular formula is C12H17NO2Zn-. The van der Waals surface area contributed by atoms with Gasteiger partial charge in [0, 0.05) is 42.9 Å². The number of carbonyl (C=O) groups is 1. The molecule has 0 spiro atoms. The molecule has 1 rings (SSSR count). The number of nitriles is 1. The van der Waals surface area contributed by atoms with Crippen LogP contribution in [0.1, 0.15) is 40.0 Å². The molecular weight excluding hydrogens is 256 g/mol. The summed E-state index contributed by atoms with van der Waals surface area (Å²) in [6.45, 7) is 4.80. The molecule has 0 fully saturated rings. The van der Waals surface area contributed by atoms with Gasteiger partial charge in [0.1, 0.15) is 0 Å². The molecule has 16 heavy (non-hydrogen) atoms. The van der Waals surface area contributed by atoms with E-state index in [0.29, 0.717) is 0 Å². The van der Waals surface area contributed by atoms with Gasteiger partial charge in [0.15, 0.2) is 0 Å². The van der Waals surface area contributed by atoms with E-state index in [1.54, 1.807) is 20.8 Å². The summed E-state index contributed by atoms with van der Waals surface area (Å²) in [5.41, 5.74) is 0.163. The molecule has 0 aromatic heterocycles. The molecule has 4 heteroatoms. The third-order valence-electron chi connectivity index (χ3n) is 1.88. The largest absolute Gasteiger partial charge is 0.550 e. The van der Waals surface area contributed by atoms with Crippen molar-refractivity contribution in [2.24, 2.45) is 5.41 Å². The molecule has 0 saturated carbocycles. The van der Waals surface area contributed by atoms with Crippen LogP contribution < -0.4 is 5.11 Å². The number of allylic oxidation sites excluding steroid dienone is 2. The predicted octanol–water partition coefficient (Wildman–Crippen LogP) is 1.60. The number of carboxylic acids is 1. The number of hydrogen-bond acceptors (Lipinski definition) is 3. The topological polar surface area (TPSA) is 63.9 Å². The number of rotatable bonds is 0. The minimum Gasteiger partial charge on any atom is -0.550 e. The van der Waals surface area contributed by atoms with Gasteiger partial charge < -0.3 is 9.90 Å². The first kappa shape index (κ1) is 17.7. The Hall–Kier alpha value is -0.677. The van der Waals surface area contributed by atoms with Gasteiger partial charge in [0.2, 0.25) is 0 Å². The monoisotopic (exact) mass is 271 g/mol. The Kier molecular flexibility index (Phi) is 9.38. The molecule has 0 amide bonds. The van der Waals surface area contributed by atoms with Gasteiger partial charge in [0.05, 0.1) is 6.07 Å². The van der Waals surface area contributed by atoms with Gasteiger partial charge in [0.25, 0.3) is 0 Å². The van der Waals surface area contributed by atoms with Crippen LogP contribution in [0.15, 0.2) is 11.6 Å². The smallest absolute Gasteiger partial charge is 0.0946 e. The van der Waals surface area contributed by atoms with E-state index in [0.717, 1.165) is 18.4 Å². The van der Waals surface area contributed by atoms with Crippen LogP contribution in [0.4, 0.5) is 0 Å². The quantitative estimate of drug-likeness (QED) is 0.629. The molecule has 1 radical (unpaired) electrons. The van der Waals surface area contributed by atoms with Crippen molar-refractivity contribution in [2.75, 3.05) is 0 Å². The fraction of sp³-hybridized carbons (Fsp3) is 0.583. The van der Waals surface area contributed by atoms with Crippen LogP contribution in [0.3, 0.4) is 0 Å². The Morgan fingerprint density at radius 3 is 2.12 bits per heavy atom. The van der Waals surface area contributed by atoms with Gasteiger partial charge in [-0.3, -0.25) is 0 Å². The van der Waals surface area contributed by atoms with Crippen molar-refractivity contribution in [1.82, 2.24) is 0 Å². The third-order valence-corrected chi connectivity index (χ3v) is 1.88. The van der Waals surface area contributed by atoms with Crippen LogP contribution >= 0.6 is 0 Å². The Balaban J connectivity index is 0. The van der Waals surface area contributed by atoms with Crippen molar-refractivity contribution in [3.05, 3.63) is 18.1 Å². The zero-order valence-corrected chi connectivity index (χ0v) is 13.2. The zero-order valence-electron chi connectivity index (χ0n) is 10.2. The van der Waals surface area contributed by atoms with Crippen LogP contribution in [-0.4, -0.2) is 5.97 Å². The van der Waals surface area contributed by atoms with Crippen LogP contribution in [-0.2, 0) is 24.3 Å². The van der Waals surface area contributed by atoms with Crippen molar-refractivity contribution < 1.29 is 29.4 Å². The van der Waals surface area contributed by atoms with Gasteiger partial charge >= 0.3 is 0 Å². The Morgan fingerprint density at radius 2 is 1.94 bits per heavy atom. The second-order valence-corrected chi connectivity index (χ2v) is 4.44. The summed E-state index contributed by atoms with van der Waals surface area (Å²) in [6.07, 6.45) is 7.36. The van der Waals surface area contributed by atoms with Crippen LogP contribution in [0, 0.1) is 23.2 Å². The first-order valence-electron chi connectivity index (χ1n) is 5.03. The molecule has 0 aromatic carbocycles. The van der Waals surface area contributed by atoms with E-state index < -0.39 is 11.4 Å². The van der Waals surface area contributed by atoms with E-state index in [9.17, 15) is 9.90 Å². The maximum atomic E-state index is 9.91. The van der Waals surface area contributed by atoms with Crippen molar-refractivity contribution in [1.29, 1.82) is 5.26 Å². The number of carbonyl (C=O) groups excluding carboxylic acids is 1. The first-order chi connectivity index (χ1) is 6.88. The molecule has 0 N–H and O–H groups in total. The molecule has 0 bridgehead atoms. The second-order valence-electron chi connectivity index (χ2n) is 4.44. The van der Waals surface area contributed by atoms with Crippen LogP contribution in [0.2, 0.25) is 0 Å². The minimum atomic E-state index is -1.01. The minimum absolute atomic E-state index is 0. The number of carboxylic acid groups (broad SMARTS) is 1. The SMILES string of the molecule is CC(C)(C)C(=O)[O-].N#CC1=CCCC[CH]1.[Zn]. The fourth-order valence-corrected chi connectivity index (χ4v) is 0.808. The molecule has 0 atom stereocenters. The van der Waals surface area contributed by atoms with Crippen molar-refractivity contribution >= 4 is 5.97 Å². The van der Waals surface area contributed by atoms with Gasteiger partial charge in [-0.15, -0.1) is 0 Å². The maximum absolute atomic E-state index is 9.91. The summed E-state index contributed by atoms with van der Waals surface area (Å²) in [7, 11) is 0. The van der Waals surface area contributed by atoms with Crippen molar-refractivity contribution in [3.63, 3.8) is 0 Å². The predicted molar refractivity (Wildman–Crippen MR) is 56.3 cm³/mol. The summed E-state index contributed by atoms with van der Waals surface area (Å²) in [4.78, 5) is 9.91. The van der Waals surface area contributed by atoms with Crippen molar-refractivity contribution in [2.45, 2.75) is 40.0 Å². The molecule has 0 heterocycles. The third kappa shape index (κ3) is 8.62. The Labute approximate surface area is 110 Å². The molecule has 3 nitrogen and oxygen atoms in total. The molecule has 85 valence electrons. The van der Waals surface area contributed by atoms with Crippen LogP contribution in [0.25, 0.3) is 0 Å². The molecule has 0 saturated heterocycles. The van der Waals surface area contributed by atoms with Crippen molar-refractivity contribution in [3.8, 4) is 6.07 Å². The van der Waals surface area contributed by atoms with Gasteiger partial charge in [-0.1, -0.05) is 26.8 Å². The van der Waals surface area contributed by atoms with Gasteiger partial charge in [-0.25, -0.2) is 0 Å². The van der Waals surface area contributed by atoms with E-state index >= 15 is 0 Å². The maximum Gasteiger partial charge on any atom is 0.0946 e. The summed E-state index contributed by atoms with van der Waals surface area (Å²) in [5.74, 6) is -1.01. The molecule has 1 aliphatic rings. The van der Waals surface area contributed by atoms with E-state index in [1.165, 1.54) is 6.42 Å². The van der Waals surface area contributed by atoms with E-state index in [1.807, 2.05) is 12.5 Å². The molecule has 0 unspecified atom stereocenters. The van der Waals surface area contributed by atoms with E-state index in [-0.39, 0.29) is 19.5 Å². The van der Waals surface area contributed by atoms with E-state index in [2.05, 4.69) is 6.07 Å². The zero-order chi connectivity index (χ0) is 11.9. The first-order valence-corrected chi connectivity index (χ1v) is 5.03. The number of nitrogens with zero attached hydrogens (tertiary/aromatic N) is 1. The Morgan fingerprint density at radius 1 is 1.44 bits per heavy atom. The summed E-state index contributed by atoms with van der Waals surface area (Å²) < 4.78 is 0. The summed E-state index contributed by atoms with van der Waals surface area (Å²) >= 11 is 0. The van der Waals surface area contributed by atoms with Gasteiger partial charge in [-0.2, -0.15) is 5.26 Å².